The summed E-state index contributed by atoms with van der Waals surface area (Å²) in [6, 6.07) is 96.7. The van der Waals surface area contributed by atoms with Crippen LogP contribution in [0.2, 0.25) is 0 Å². The predicted molar refractivity (Wildman–Crippen MR) is 455 cm³/mol. The quantitative estimate of drug-likeness (QED) is 0.0153. The molecule has 10 aromatic carbocycles. The van der Waals surface area contributed by atoms with E-state index in [1.165, 1.54) is 71.4 Å². The van der Waals surface area contributed by atoms with Gasteiger partial charge in [0.2, 0.25) is 5.91 Å². The Morgan fingerprint density at radius 1 is 0.491 bits per heavy atom. The van der Waals surface area contributed by atoms with Crippen LogP contribution >= 0.6 is 43.1 Å². The minimum Gasteiger partial charge on any atom is -0.497 e. The molecule has 1 amide bonds. The van der Waals surface area contributed by atoms with Crippen molar-refractivity contribution in [2.75, 3.05) is 20.2 Å². The molecule has 1 aliphatic heterocycles. The molecule has 4 aromatic heterocycles. The monoisotopic (exact) mass is 1520 g/mol. The number of aromatic nitrogens is 6. The van der Waals surface area contributed by atoms with Gasteiger partial charge in [-0.2, -0.15) is 0 Å². The van der Waals surface area contributed by atoms with Crippen molar-refractivity contribution in [3.63, 3.8) is 0 Å². The van der Waals surface area contributed by atoms with Gasteiger partial charge in [0.15, 0.2) is 0 Å². The largest absolute Gasteiger partial charge is 0.497 e. The van der Waals surface area contributed by atoms with Crippen molar-refractivity contribution >= 4 is 110 Å². The normalized spacial score (nSPS) is 15.4. The number of hydrogen-bond donors (Lipinski definition) is 5. The van der Waals surface area contributed by atoms with Crippen LogP contribution in [0, 0.1) is 11.8 Å². The third kappa shape index (κ3) is 16.8. The maximum Gasteiger partial charge on any atom is 0.223 e. The fourth-order valence-corrected chi connectivity index (χ4v) is 56.6. The molecule has 15 rings (SSSR count). The van der Waals surface area contributed by atoms with Gasteiger partial charge in [0.1, 0.15) is 16.8 Å². The summed E-state index contributed by atoms with van der Waals surface area (Å²) in [5.74, 6) is 1.09. The third-order valence-corrected chi connectivity index (χ3v) is 51.3. The van der Waals surface area contributed by atoms with Gasteiger partial charge in [-0.25, -0.2) is 9.97 Å². The Morgan fingerprint density at radius 3 is 1.22 bits per heavy atom. The maximum atomic E-state index is 12.9. The molecule has 5 heterocycles. The zero-order valence-electron chi connectivity index (χ0n) is 59.5. The molecule has 1 fully saturated rings. The molecule has 1 saturated heterocycles. The number of rotatable bonds is 26. The van der Waals surface area contributed by atoms with Crippen molar-refractivity contribution in [3.8, 4) is 5.75 Å². The second-order valence-electron chi connectivity index (χ2n) is 26.6. The fraction of sp³-hybridized carbons (Fsp3) is 0.182. The summed E-state index contributed by atoms with van der Waals surface area (Å²) in [5, 5.41) is 20.6. The Bertz CT molecular complexity index is 4740. The zero-order chi connectivity index (χ0) is 73.4. The Morgan fingerprint density at radius 2 is 0.840 bits per heavy atom. The number of fused-ring (bicyclic) bond motifs is 2. The highest BCUT2D eigenvalue weighted by molar-refractivity contribution is 9.48. The number of amides is 1. The summed E-state index contributed by atoms with van der Waals surface area (Å²) < 4.78 is 6.36. The molecule has 0 saturated carbocycles. The van der Waals surface area contributed by atoms with Crippen LogP contribution in [0.25, 0.3) is 21.8 Å². The van der Waals surface area contributed by atoms with E-state index in [2.05, 4.69) is 286 Å². The minimum absolute atomic E-state index is 0.0628. The molecule has 14 aromatic rings. The number of imidazole rings is 2. The number of carbonyl (C=O) groups is 1. The second kappa shape index (κ2) is 35.0. The van der Waals surface area contributed by atoms with Gasteiger partial charge in [-0.15, -0.1) is 0 Å². The Labute approximate surface area is 645 Å². The number of aliphatic hydroxyl groups is 1. The number of carbonyl (C=O) groups excluding carboxylic acids is 1. The lowest BCUT2D eigenvalue weighted by Gasteiger charge is -2.40. The molecule has 106 heavy (non-hydrogen) atoms. The van der Waals surface area contributed by atoms with Crippen LogP contribution in [0.3, 0.4) is 0 Å². The lowest BCUT2D eigenvalue weighted by molar-refractivity contribution is -0.124. The summed E-state index contributed by atoms with van der Waals surface area (Å²) in [7, 11) is 1.66. The molecule has 0 spiro atoms. The van der Waals surface area contributed by atoms with Crippen LogP contribution in [0.5, 0.6) is 5.75 Å². The highest BCUT2D eigenvalue weighted by Crippen LogP contribution is 3.04. The van der Waals surface area contributed by atoms with Gasteiger partial charge in [-0.3, -0.25) is 4.79 Å². The van der Waals surface area contributed by atoms with E-state index in [1.807, 2.05) is 96.3 Å². The molecular weight excluding hydrogens is 1440 g/mol. The van der Waals surface area contributed by atoms with E-state index in [0.29, 0.717) is 13.0 Å². The molecule has 11 nitrogen and oxygen atoms in total. The van der Waals surface area contributed by atoms with E-state index in [9.17, 15) is 4.79 Å². The van der Waals surface area contributed by atoms with E-state index in [-0.39, 0.29) is 24.3 Å². The number of benzene rings is 10. The number of ether oxygens (including phenoxy) is 1. The average Bonchev–Trinajstić information content (AvgIpc) is 1.20. The van der Waals surface area contributed by atoms with Crippen molar-refractivity contribution in [3.05, 3.63) is 378 Å². The van der Waals surface area contributed by atoms with Crippen LogP contribution in [-0.4, -0.2) is 65.3 Å². The molecule has 5 N–H and O–H groups in total. The number of methoxy groups -OCH3 is 1. The van der Waals surface area contributed by atoms with Gasteiger partial charge in [-0.05, 0) is 125 Å². The van der Waals surface area contributed by atoms with Crippen molar-refractivity contribution in [1.82, 2.24) is 39.7 Å². The Kier molecular flexibility index (Phi) is 24.8. The van der Waals surface area contributed by atoms with Crippen LogP contribution in [0.1, 0.15) is 88.1 Å². The number of aryl methyl sites for hydroxylation is 2. The maximum absolute atomic E-state index is 12.9. The van der Waals surface area contributed by atoms with E-state index < -0.39 is 20.0 Å². The van der Waals surface area contributed by atoms with Gasteiger partial charge in [0, 0.05) is 82.1 Å². The SMILES string of the molecule is CC(Cc1c[nH]c2ccccc12)C(=O)NCCCc1cn(C(c2ccccc2)(c2ccccc2)c2ccccc2)cn1.CC(Cc1c[nH]c2ccccc12)C(=S)NCCCc1cn(C(c2ccccc2)(c2ccccc2)c2ccccc2)cn1.COc1ccc(P2(=S)SP(=S)(c3ccc(CO)cc3)S2)cc1. The Hall–Kier alpha value is -9.18. The van der Waals surface area contributed by atoms with Gasteiger partial charge in [0.05, 0.1) is 51.6 Å². The van der Waals surface area contributed by atoms with Crippen LogP contribution < -0.4 is 26.0 Å². The van der Waals surface area contributed by atoms with Crippen molar-refractivity contribution in [1.29, 1.82) is 0 Å². The third-order valence-electron chi connectivity index (χ3n) is 19.6. The smallest absolute Gasteiger partial charge is 0.223 e. The molecular formula is C88H86N8O3P2S5. The van der Waals surface area contributed by atoms with Gasteiger partial charge in [-0.1, -0.05) is 314 Å². The minimum atomic E-state index is -1.68. The van der Waals surface area contributed by atoms with E-state index in [0.717, 1.165) is 71.9 Å². The van der Waals surface area contributed by atoms with Crippen molar-refractivity contribution in [2.24, 2.45) is 11.8 Å². The predicted octanol–water partition coefficient (Wildman–Crippen LogP) is 19.3. The molecule has 0 aliphatic carbocycles. The number of thiocarbonyl (C=S) groups is 1. The lowest BCUT2D eigenvalue weighted by atomic mass is 9.77. The lowest BCUT2D eigenvalue weighted by Crippen LogP contribution is -2.36. The summed E-state index contributed by atoms with van der Waals surface area (Å²) in [4.78, 5) is 30.2. The number of nitrogens with one attached hydrogen (secondary N) is 4. The fourth-order valence-electron chi connectivity index (χ4n) is 14.1. The topological polar surface area (TPSA) is 138 Å². The van der Waals surface area contributed by atoms with Crippen LogP contribution in [0.15, 0.2) is 316 Å². The number of para-hydroxylation sites is 2. The first-order valence-electron chi connectivity index (χ1n) is 35.8. The first-order chi connectivity index (χ1) is 51.8. The second-order valence-corrected chi connectivity index (χ2v) is 48.3. The molecule has 0 bridgehead atoms. The standard InChI is InChI=1S/C37H36N4O.C37H36N4S.C14H14O2P2S4/c2*1-28(24-29-25-39-35-22-12-11-21-34(29)35)36(42)38-23-13-20-33-26-41(27-40-33)37(30-14-5-2-6-15-30,31-16-7-3-8-17-31)32-18-9-4-10-19-32;1-16-12-4-8-14(9-5-12)18(20)21-17(19,22-18)13-6-2-11(10-15)3-7-13/h2*2-12,14-19,21-22,25-28,39H,13,20,23-24H2,1H3,(H,38,42);2-9,15H,10H2,1H3. The Balaban J connectivity index is 0.000000148. The highest BCUT2D eigenvalue weighted by Gasteiger charge is 2.46. The van der Waals surface area contributed by atoms with E-state index in [1.54, 1.807) is 7.11 Å². The number of aliphatic hydroxyl groups excluding tert-OH is 1. The number of hydrogen-bond acceptors (Lipinski definition) is 10. The van der Waals surface area contributed by atoms with Crippen LogP contribution in [0.4, 0.5) is 0 Å². The molecule has 2 atom stereocenters. The summed E-state index contributed by atoms with van der Waals surface area (Å²) in [5.41, 5.74) is 13.8. The molecule has 0 radical (unpaired) electrons. The number of H-pyrrole nitrogens is 2. The van der Waals surface area contributed by atoms with Gasteiger partial charge < -0.3 is 39.6 Å². The number of nitrogens with zero attached hydrogens (tertiary/aromatic N) is 4. The molecule has 536 valence electrons. The van der Waals surface area contributed by atoms with Crippen LogP contribution in [-0.2, 0) is 71.8 Å². The summed E-state index contributed by atoms with van der Waals surface area (Å²) in [6.07, 6.45) is 17.5. The van der Waals surface area contributed by atoms with Gasteiger partial charge in [0.25, 0.3) is 0 Å². The van der Waals surface area contributed by atoms with Gasteiger partial charge >= 0.3 is 0 Å². The zero-order valence-corrected chi connectivity index (χ0v) is 65.4. The highest BCUT2D eigenvalue weighted by atomic mass is 33.7. The molecule has 18 heteroatoms. The summed E-state index contributed by atoms with van der Waals surface area (Å²) in [6.45, 7) is 5.70. The number of aromatic amines is 2. The van der Waals surface area contributed by atoms with E-state index in [4.69, 9.17) is 55.6 Å². The molecule has 1 aliphatic rings. The first kappa shape index (κ1) is 75.1. The summed E-state index contributed by atoms with van der Waals surface area (Å²) >= 11 is 21.2. The molecule has 2 unspecified atom stereocenters. The average molecular weight is 1530 g/mol. The first-order valence-corrected chi connectivity index (χ1v) is 45.9. The van der Waals surface area contributed by atoms with Crippen molar-refractivity contribution < 1.29 is 14.6 Å². The van der Waals surface area contributed by atoms with Crippen molar-refractivity contribution in [2.45, 2.75) is 70.1 Å². The van der Waals surface area contributed by atoms with E-state index >= 15 is 0 Å².